The molecule has 0 amide bonds. The van der Waals surface area contributed by atoms with Gasteiger partial charge < -0.3 is 5.73 Å². The number of hydrogen-bond donors (Lipinski definition) is 1. The summed E-state index contributed by atoms with van der Waals surface area (Å²) in [5, 5.41) is 1.98. The molecule has 0 aliphatic rings. The van der Waals surface area contributed by atoms with E-state index in [9.17, 15) is 0 Å². The van der Waals surface area contributed by atoms with Crippen LogP contribution < -0.4 is 5.73 Å². The molecule has 0 aliphatic heterocycles. The summed E-state index contributed by atoms with van der Waals surface area (Å²) < 4.78 is 0. The molecule has 0 atom stereocenters. The highest BCUT2D eigenvalue weighted by atomic mass is 32.1. The van der Waals surface area contributed by atoms with Gasteiger partial charge in [-0.15, -0.1) is 11.3 Å². The van der Waals surface area contributed by atoms with Crippen molar-refractivity contribution in [2.75, 3.05) is 0 Å². The van der Waals surface area contributed by atoms with Crippen molar-refractivity contribution in [3.8, 4) is 0 Å². The Balaban J connectivity index is 3.13. The molecule has 52 valence electrons. The van der Waals surface area contributed by atoms with Crippen LogP contribution in [0.25, 0.3) is 11.8 Å². The molecule has 1 aromatic heterocycles. The Labute approximate surface area is 64.5 Å². The van der Waals surface area contributed by atoms with Crippen LogP contribution in [0, 0.1) is 0 Å². The molecular formula is C8H9NS. The van der Waals surface area contributed by atoms with Crippen LogP contribution in [-0.4, -0.2) is 0 Å². The molecule has 0 unspecified atom stereocenters. The smallest absolute Gasteiger partial charge is 0.0357 e. The highest BCUT2D eigenvalue weighted by Crippen LogP contribution is 2.21. The van der Waals surface area contributed by atoms with Crippen molar-refractivity contribution >= 4 is 23.1 Å². The van der Waals surface area contributed by atoms with Gasteiger partial charge in [-0.25, -0.2) is 0 Å². The van der Waals surface area contributed by atoms with Gasteiger partial charge in [-0.3, -0.25) is 0 Å². The van der Waals surface area contributed by atoms with E-state index in [0.717, 1.165) is 10.4 Å². The van der Waals surface area contributed by atoms with Gasteiger partial charge in [-0.1, -0.05) is 19.2 Å². The molecule has 0 fully saturated rings. The lowest BCUT2D eigenvalue weighted by atomic mass is 10.2. The highest BCUT2D eigenvalue weighted by molar-refractivity contribution is 7.11. The van der Waals surface area contributed by atoms with E-state index in [2.05, 4.69) is 13.2 Å². The van der Waals surface area contributed by atoms with Crippen molar-refractivity contribution in [2.45, 2.75) is 0 Å². The lowest BCUT2D eigenvalue weighted by molar-refractivity contribution is 1.58. The Morgan fingerprint density at radius 3 is 2.80 bits per heavy atom. The second kappa shape index (κ2) is 2.71. The number of hydrogen-bond acceptors (Lipinski definition) is 2. The van der Waals surface area contributed by atoms with Gasteiger partial charge in [0.25, 0.3) is 0 Å². The van der Waals surface area contributed by atoms with Crippen LogP contribution in [0.3, 0.4) is 0 Å². The zero-order chi connectivity index (χ0) is 7.56. The third kappa shape index (κ3) is 1.11. The maximum Gasteiger partial charge on any atom is 0.0357 e. The molecule has 0 bridgehead atoms. The van der Waals surface area contributed by atoms with Crippen LogP contribution in [0.15, 0.2) is 24.6 Å². The summed E-state index contributed by atoms with van der Waals surface area (Å²) in [4.78, 5) is 1.09. The van der Waals surface area contributed by atoms with Crippen molar-refractivity contribution in [3.63, 3.8) is 0 Å². The summed E-state index contributed by atoms with van der Waals surface area (Å²) in [5.74, 6) is 0. The van der Waals surface area contributed by atoms with E-state index in [1.54, 1.807) is 17.4 Å². The molecule has 1 aromatic rings. The maximum absolute atomic E-state index is 5.50. The van der Waals surface area contributed by atoms with Gasteiger partial charge in [0.15, 0.2) is 0 Å². The van der Waals surface area contributed by atoms with E-state index in [1.165, 1.54) is 0 Å². The standard InChI is InChI=1S/C8H9NS/c1-3-8-7(6(2)9)4-5-10-8/h3-5H,1-2,9H2. The SMILES string of the molecule is C=Cc1sccc1C(=C)N. The minimum atomic E-state index is 0.608. The van der Waals surface area contributed by atoms with Crippen LogP contribution in [0.4, 0.5) is 0 Å². The van der Waals surface area contributed by atoms with E-state index in [4.69, 9.17) is 5.73 Å². The molecule has 0 saturated carbocycles. The van der Waals surface area contributed by atoms with E-state index >= 15 is 0 Å². The maximum atomic E-state index is 5.50. The minimum Gasteiger partial charge on any atom is -0.399 e. The number of thiophene rings is 1. The van der Waals surface area contributed by atoms with Gasteiger partial charge in [0, 0.05) is 16.1 Å². The van der Waals surface area contributed by atoms with Crippen LogP contribution in [-0.2, 0) is 0 Å². The molecule has 1 rings (SSSR count). The molecule has 10 heavy (non-hydrogen) atoms. The molecule has 1 nitrogen and oxygen atoms in total. The van der Waals surface area contributed by atoms with Crippen LogP contribution in [0.1, 0.15) is 10.4 Å². The normalized spacial score (nSPS) is 9.20. The van der Waals surface area contributed by atoms with Crippen molar-refractivity contribution in [1.82, 2.24) is 0 Å². The van der Waals surface area contributed by atoms with E-state index in [0.29, 0.717) is 5.70 Å². The molecule has 2 heteroatoms. The lowest BCUT2D eigenvalue weighted by Crippen LogP contribution is -1.92. The molecule has 0 saturated heterocycles. The Morgan fingerprint density at radius 2 is 2.40 bits per heavy atom. The molecular weight excluding hydrogens is 142 g/mol. The average Bonchev–Trinajstić information content (AvgIpc) is 2.33. The van der Waals surface area contributed by atoms with Gasteiger partial charge in [-0.05, 0) is 11.4 Å². The van der Waals surface area contributed by atoms with Crippen LogP contribution in [0.2, 0.25) is 0 Å². The molecule has 1 heterocycles. The lowest BCUT2D eigenvalue weighted by Gasteiger charge is -1.94. The Morgan fingerprint density at radius 1 is 1.70 bits per heavy atom. The quantitative estimate of drug-likeness (QED) is 0.689. The topological polar surface area (TPSA) is 26.0 Å². The van der Waals surface area contributed by atoms with Gasteiger partial charge in [0.1, 0.15) is 0 Å². The fourth-order valence-electron chi connectivity index (χ4n) is 0.744. The summed E-state index contributed by atoms with van der Waals surface area (Å²) in [6.07, 6.45) is 1.79. The van der Waals surface area contributed by atoms with Gasteiger partial charge in [0.2, 0.25) is 0 Å². The fraction of sp³-hybridized carbons (Fsp3) is 0. The van der Waals surface area contributed by atoms with Crippen LogP contribution in [0.5, 0.6) is 0 Å². The number of nitrogens with two attached hydrogens (primary N) is 1. The third-order valence-corrected chi connectivity index (χ3v) is 2.14. The molecule has 0 aromatic carbocycles. The minimum absolute atomic E-state index is 0.608. The zero-order valence-corrected chi connectivity index (χ0v) is 6.45. The molecule has 0 spiro atoms. The second-order valence-electron chi connectivity index (χ2n) is 1.93. The summed E-state index contributed by atoms with van der Waals surface area (Å²) in [7, 11) is 0. The van der Waals surface area contributed by atoms with E-state index in [1.807, 2.05) is 11.4 Å². The monoisotopic (exact) mass is 151 g/mol. The zero-order valence-electron chi connectivity index (χ0n) is 5.63. The van der Waals surface area contributed by atoms with Crippen molar-refractivity contribution in [1.29, 1.82) is 0 Å². The largest absolute Gasteiger partial charge is 0.399 e. The van der Waals surface area contributed by atoms with Gasteiger partial charge >= 0.3 is 0 Å². The summed E-state index contributed by atoms with van der Waals surface area (Å²) in [6.45, 7) is 7.30. The molecule has 0 radical (unpaired) electrons. The average molecular weight is 151 g/mol. The summed E-state index contributed by atoms with van der Waals surface area (Å²) >= 11 is 1.62. The molecule has 2 N–H and O–H groups in total. The van der Waals surface area contributed by atoms with Crippen molar-refractivity contribution in [2.24, 2.45) is 5.73 Å². The Kier molecular flexibility index (Phi) is 1.92. The first-order valence-corrected chi connectivity index (χ1v) is 3.78. The first-order valence-electron chi connectivity index (χ1n) is 2.90. The van der Waals surface area contributed by atoms with Crippen molar-refractivity contribution < 1.29 is 0 Å². The molecule has 0 aliphatic carbocycles. The highest BCUT2D eigenvalue weighted by Gasteiger charge is 1.99. The van der Waals surface area contributed by atoms with Crippen molar-refractivity contribution in [3.05, 3.63) is 35.0 Å². The summed E-state index contributed by atoms with van der Waals surface area (Å²) in [6, 6.07) is 1.95. The van der Waals surface area contributed by atoms with Gasteiger partial charge in [-0.2, -0.15) is 0 Å². The predicted molar refractivity (Wildman–Crippen MR) is 47.6 cm³/mol. The second-order valence-corrected chi connectivity index (χ2v) is 2.88. The number of rotatable bonds is 2. The van der Waals surface area contributed by atoms with Crippen LogP contribution >= 0.6 is 11.3 Å². The Bertz CT molecular complexity index is 260. The summed E-state index contributed by atoms with van der Waals surface area (Å²) in [5.41, 5.74) is 7.11. The third-order valence-electron chi connectivity index (χ3n) is 1.23. The predicted octanol–water partition coefficient (Wildman–Crippen LogP) is 2.32. The van der Waals surface area contributed by atoms with E-state index < -0.39 is 0 Å². The Hall–Kier alpha value is -1.02. The fourth-order valence-corrected chi connectivity index (χ4v) is 1.52. The van der Waals surface area contributed by atoms with E-state index in [-0.39, 0.29) is 0 Å². The first kappa shape index (κ1) is 7.09. The first-order chi connectivity index (χ1) is 4.75. The van der Waals surface area contributed by atoms with Gasteiger partial charge in [0.05, 0.1) is 0 Å².